The highest BCUT2D eigenvalue weighted by atomic mass is 35.5. The summed E-state index contributed by atoms with van der Waals surface area (Å²) in [6, 6.07) is 8.87. The van der Waals surface area contributed by atoms with Gasteiger partial charge in [0.25, 0.3) is 0 Å². The van der Waals surface area contributed by atoms with Crippen LogP contribution in [0.25, 0.3) is 0 Å². The summed E-state index contributed by atoms with van der Waals surface area (Å²) in [6.45, 7) is 13.2. The van der Waals surface area contributed by atoms with Crippen LogP contribution in [0.5, 0.6) is 0 Å². The molecule has 1 aromatic heterocycles. The Hall–Kier alpha value is -3.15. The van der Waals surface area contributed by atoms with Crippen molar-refractivity contribution in [3.8, 4) is 0 Å². The highest BCUT2D eigenvalue weighted by molar-refractivity contribution is 6.00. The quantitative estimate of drug-likeness (QED) is 0.338. The summed E-state index contributed by atoms with van der Waals surface area (Å²) in [5.74, 6) is -0.197. The topological polar surface area (TPSA) is 131 Å². The van der Waals surface area contributed by atoms with Crippen LogP contribution < -0.4 is 5.32 Å². The van der Waals surface area contributed by atoms with E-state index < -0.39 is 17.7 Å². The zero-order valence-electron chi connectivity index (χ0n) is 28.5. The van der Waals surface area contributed by atoms with E-state index >= 15 is 0 Å². The molecule has 3 saturated heterocycles. The molecule has 1 spiro atoms. The highest BCUT2D eigenvalue weighted by Crippen LogP contribution is 2.42. The van der Waals surface area contributed by atoms with Crippen molar-refractivity contribution in [1.29, 1.82) is 0 Å². The van der Waals surface area contributed by atoms with Gasteiger partial charge < -0.3 is 25.0 Å². The molecule has 1 aromatic carbocycles. The van der Waals surface area contributed by atoms with E-state index in [4.69, 9.17) is 4.74 Å². The zero-order chi connectivity index (χ0) is 33.0. The third-order valence-corrected chi connectivity index (χ3v) is 10.5. The summed E-state index contributed by atoms with van der Waals surface area (Å²) in [7, 11) is 0. The molecule has 2 aromatic rings. The van der Waals surface area contributed by atoms with Crippen LogP contribution in [-0.4, -0.2) is 98.3 Å². The molecule has 1 unspecified atom stereocenters. The first-order valence-electron chi connectivity index (χ1n) is 17.1. The number of carbonyl (C=O) groups excluding carboxylic acids is 3. The van der Waals surface area contributed by atoms with Crippen molar-refractivity contribution < 1.29 is 24.2 Å². The summed E-state index contributed by atoms with van der Waals surface area (Å²) < 4.78 is 5.62. The molecule has 11 nitrogen and oxygen atoms in total. The first-order chi connectivity index (χ1) is 22.1. The molecule has 3 aliphatic rings. The maximum atomic E-state index is 13.9. The molecule has 5 rings (SSSR count). The number of nitrogens with zero attached hydrogens (tertiary/aromatic N) is 4. The summed E-state index contributed by atoms with van der Waals surface area (Å²) in [6.07, 6.45) is 3.19. The van der Waals surface area contributed by atoms with E-state index in [0.717, 1.165) is 42.6 Å². The molecule has 0 saturated carbocycles. The monoisotopic (exact) mass is 672 g/mol. The Morgan fingerprint density at radius 2 is 1.74 bits per heavy atom. The largest absolute Gasteiger partial charge is 0.445 e. The van der Waals surface area contributed by atoms with Crippen LogP contribution in [0.3, 0.4) is 0 Å². The van der Waals surface area contributed by atoms with Crippen LogP contribution in [0.2, 0.25) is 0 Å². The standard InChI is InChI=1S/C35H52N6O5.ClH/c1-6-7-17-41-32(43)29(31(42)23(2)3)36-33(44)35(41)15-20-39(21-16-35)30(28-24(4)37-38-25(28)5)27-13-18-40(19-14-27)34(45)46-22-26-11-9-8-10-12-26;/h8-12,23,27,29-31,42H,6-7,13-22H2,1-5H3,(H,36,44)(H,37,38);1H/t29-,30?,31-;/m1./s1. The minimum atomic E-state index is -0.934. The molecule has 47 heavy (non-hydrogen) atoms. The van der Waals surface area contributed by atoms with Gasteiger partial charge in [0.2, 0.25) is 11.8 Å². The average molecular weight is 673 g/mol. The van der Waals surface area contributed by atoms with Gasteiger partial charge in [0.15, 0.2) is 0 Å². The fourth-order valence-electron chi connectivity index (χ4n) is 7.68. The van der Waals surface area contributed by atoms with Crippen molar-refractivity contribution in [2.75, 3.05) is 32.7 Å². The number of likely N-dealkylation sites (tertiary alicyclic amines) is 2. The number of unbranched alkanes of at least 4 members (excludes halogenated alkanes) is 1. The number of halogens is 1. The number of rotatable bonds is 10. The minimum Gasteiger partial charge on any atom is -0.445 e. The molecule has 4 heterocycles. The predicted molar refractivity (Wildman–Crippen MR) is 182 cm³/mol. The Labute approximate surface area is 285 Å². The number of aliphatic hydroxyl groups excluding tert-OH is 1. The number of piperazine rings is 1. The second-order valence-corrected chi connectivity index (χ2v) is 13.8. The van der Waals surface area contributed by atoms with E-state index in [0.29, 0.717) is 45.6 Å². The van der Waals surface area contributed by atoms with Crippen LogP contribution in [0.1, 0.15) is 87.9 Å². The van der Waals surface area contributed by atoms with Gasteiger partial charge in [0.1, 0.15) is 18.2 Å². The van der Waals surface area contributed by atoms with Crippen molar-refractivity contribution in [2.24, 2.45) is 11.8 Å². The van der Waals surface area contributed by atoms with Gasteiger partial charge in [-0.3, -0.25) is 19.6 Å². The van der Waals surface area contributed by atoms with Gasteiger partial charge in [0, 0.05) is 50.0 Å². The third kappa shape index (κ3) is 7.62. The van der Waals surface area contributed by atoms with Gasteiger partial charge in [-0.25, -0.2) is 4.79 Å². The zero-order valence-corrected chi connectivity index (χ0v) is 29.4. The lowest BCUT2D eigenvalue weighted by atomic mass is 9.77. The SMILES string of the molecule is CCCCN1C(=O)[C@@H]([C@H](O)C(C)C)NC(=O)C12CCN(C(c1c(C)n[nH]c1C)C1CCN(C(=O)OCc3ccccc3)CC1)CC2.Cl. The molecule has 0 bridgehead atoms. The molecular formula is C35H53ClN6O5. The van der Waals surface area contributed by atoms with Crippen molar-refractivity contribution in [2.45, 2.75) is 103 Å². The number of ether oxygens (including phenoxy) is 1. The smallest absolute Gasteiger partial charge is 0.410 e. The molecule has 260 valence electrons. The van der Waals surface area contributed by atoms with E-state index in [2.05, 4.69) is 34.3 Å². The number of aliphatic hydroxyl groups is 1. The number of piperidine rings is 2. The number of hydrogen-bond donors (Lipinski definition) is 3. The number of aromatic nitrogens is 2. The number of aromatic amines is 1. The van der Waals surface area contributed by atoms with Crippen LogP contribution in [0.15, 0.2) is 30.3 Å². The fourth-order valence-corrected chi connectivity index (χ4v) is 7.68. The first kappa shape index (κ1) is 36.7. The Morgan fingerprint density at radius 3 is 2.32 bits per heavy atom. The molecule has 3 fully saturated rings. The molecule has 0 radical (unpaired) electrons. The van der Waals surface area contributed by atoms with Gasteiger partial charge in [0.05, 0.1) is 11.8 Å². The highest BCUT2D eigenvalue weighted by Gasteiger charge is 2.55. The summed E-state index contributed by atoms with van der Waals surface area (Å²) in [4.78, 5) is 46.7. The maximum absolute atomic E-state index is 13.9. The number of carbonyl (C=O) groups is 3. The second kappa shape index (κ2) is 15.8. The molecular weight excluding hydrogens is 620 g/mol. The summed E-state index contributed by atoms with van der Waals surface area (Å²) in [5.41, 5.74) is 3.23. The molecule has 12 heteroatoms. The number of nitrogens with one attached hydrogen (secondary N) is 2. The Bertz CT molecular complexity index is 1330. The van der Waals surface area contributed by atoms with Crippen molar-refractivity contribution in [1.82, 2.24) is 30.2 Å². The van der Waals surface area contributed by atoms with Crippen molar-refractivity contribution >= 4 is 30.3 Å². The minimum absolute atomic E-state index is 0. The Balaban J connectivity index is 0.00000500. The fraction of sp³-hybridized carbons (Fsp3) is 0.657. The molecule has 3 amide bonds. The molecule has 3 atom stereocenters. The lowest BCUT2D eigenvalue weighted by Gasteiger charge is -2.54. The first-order valence-corrected chi connectivity index (χ1v) is 17.1. The number of benzene rings is 1. The second-order valence-electron chi connectivity index (χ2n) is 13.8. The van der Waals surface area contributed by atoms with Gasteiger partial charge >= 0.3 is 6.09 Å². The Morgan fingerprint density at radius 1 is 1.09 bits per heavy atom. The number of amides is 3. The van der Waals surface area contributed by atoms with E-state index in [1.807, 2.05) is 56.0 Å². The number of H-pyrrole nitrogens is 1. The van der Waals surface area contributed by atoms with Crippen LogP contribution in [0, 0.1) is 25.7 Å². The summed E-state index contributed by atoms with van der Waals surface area (Å²) >= 11 is 0. The van der Waals surface area contributed by atoms with E-state index in [1.165, 1.54) is 5.56 Å². The molecule has 0 aliphatic carbocycles. The normalized spacial score (nSPS) is 21.8. The van der Waals surface area contributed by atoms with Crippen molar-refractivity contribution in [3.63, 3.8) is 0 Å². The third-order valence-electron chi connectivity index (χ3n) is 10.5. The van der Waals surface area contributed by atoms with E-state index in [9.17, 15) is 19.5 Å². The predicted octanol–water partition coefficient (Wildman–Crippen LogP) is 4.52. The van der Waals surface area contributed by atoms with Crippen molar-refractivity contribution in [3.05, 3.63) is 52.8 Å². The van der Waals surface area contributed by atoms with E-state index in [1.54, 1.807) is 4.90 Å². The van der Waals surface area contributed by atoms with Gasteiger partial charge in [-0.05, 0) is 63.4 Å². The van der Waals surface area contributed by atoms with Gasteiger partial charge in [-0.2, -0.15) is 5.10 Å². The lowest BCUT2D eigenvalue weighted by Crippen LogP contribution is -2.75. The van der Waals surface area contributed by atoms with E-state index in [-0.39, 0.29) is 54.8 Å². The van der Waals surface area contributed by atoms with Gasteiger partial charge in [-0.1, -0.05) is 57.5 Å². The van der Waals surface area contributed by atoms with Gasteiger partial charge in [-0.15, -0.1) is 12.4 Å². The number of hydrogen-bond acceptors (Lipinski definition) is 7. The average Bonchev–Trinajstić information content (AvgIpc) is 3.39. The number of aryl methyl sites for hydroxylation is 2. The maximum Gasteiger partial charge on any atom is 0.410 e. The van der Waals surface area contributed by atoms with Crippen LogP contribution in [-0.2, 0) is 20.9 Å². The van der Waals surface area contributed by atoms with Crippen LogP contribution >= 0.6 is 12.4 Å². The molecule has 3 N–H and O–H groups in total. The molecule has 3 aliphatic heterocycles. The summed E-state index contributed by atoms with van der Waals surface area (Å²) in [5, 5.41) is 21.5. The lowest BCUT2D eigenvalue weighted by molar-refractivity contribution is -0.166. The van der Waals surface area contributed by atoms with Crippen LogP contribution in [0.4, 0.5) is 4.79 Å². The Kier molecular flexibility index (Phi) is 12.4.